The first-order valence-electron chi connectivity index (χ1n) is 5.42. The molecule has 0 bridgehead atoms. The number of carboxylic acids is 1. The lowest BCUT2D eigenvalue weighted by molar-refractivity contribution is 0.0696. The third-order valence-electron chi connectivity index (χ3n) is 2.51. The SMILES string of the molecule is Cc1nc(NCc2cc(C(=O)O)ccn2)sc1C. The summed E-state index contributed by atoms with van der Waals surface area (Å²) in [6.45, 7) is 4.44. The van der Waals surface area contributed by atoms with Crippen molar-refractivity contribution in [3.63, 3.8) is 0 Å². The molecular weight excluding hydrogens is 250 g/mol. The fourth-order valence-corrected chi connectivity index (χ4v) is 2.23. The maximum Gasteiger partial charge on any atom is 0.335 e. The lowest BCUT2D eigenvalue weighted by Crippen LogP contribution is -2.04. The quantitative estimate of drug-likeness (QED) is 0.886. The molecule has 0 aliphatic heterocycles. The Hall–Kier alpha value is -1.95. The van der Waals surface area contributed by atoms with Crippen LogP contribution >= 0.6 is 11.3 Å². The Kier molecular flexibility index (Phi) is 3.57. The zero-order chi connectivity index (χ0) is 13.1. The van der Waals surface area contributed by atoms with Crippen LogP contribution in [0.1, 0.15) is 26.6 Å². The zero-order valence-electron chi connectivity index (χ0n) is 10.1. The first-order valence-corrected chi connectivity index (χ1v) is 6.24. The number of nitrogens with one attached hydrogen (secondary N) is 1. The van der Waals surface area contributed by atoms with Gasteiger partial charge in [0.1, 0.15) is 0 Å². The zero-order valence-corrected chi connectivity index (χ0v) is 10.9. The largest absolute Gasteiger partial charge is 0.478 e. The van der Waals surface area contributed by atoms with Crippen molar-refractivity contribution in [3.8, 4) is 0 Å². The number of carbonyl (C=O) groups is 1. The first kappa shape index (κ1) is 12.5. The third-order valence-corrected chi connectivity index (χ3v) is 3.54. The summed E-state index contributed by atoms with van der Waals surface area (Å²) in [6, 6.07) is 3.03. The molecule has 2 aromatic rings. The van der Waals surface area contributed by atoms with E-state index in [1.54, 1.807) is 17.4 Å². The molecule has 0 aliphatic carbocycles. The molecule has 0 fully saturated rings. The highest BCUT2D eigenvalue weighted by Gasteiger charge is 2.06. The molecule has 2 rings (SSSR count). The van der Waals surface area contributed by atoms with E-state index in [0.29, 0.717) is 12.2 Å². The number of anilines is 1. The van der Waals surface area contributed by atoms with Crippen LogP contribution < -0.4 is 5.32 Å². The lowest BCUT2D eigenvalue weighted by atomic mass is 10.2. The summed E-state index contributed by atoms with van der Waals surface area (Å²) in [5.74, 6) is -0.945. The van der Waals surface area contributed by atoms with Crippen LogP contribution in [0.5, 0.6) is 0 Å². The molecule has 0 aliphatic rings. The second-order valence-corrected chi connectivity index (χ2v) is 5.06. The molecule has 0 radical (unpaired) electrons. The van der Waals surface area contributed by atoms with Crippen molar-refractivity contribution in [1.82, 2.24) is 9.97 Å². The summed E-state index contributed by atoms with van der Waals surface area (Å²) in [7, 11) is 0. The number of aromatic nitrogens is 2. The maximum absolute atomic E-state index is 10.8. The molecule has 5 nitrogen and oxygen atoms in total. The fourth-order valence-electron chi connectivity index (χ4n) is 1.42. The highest BCUT2D eigenvalue weighted by atomic mass is 32.1. The summed E-state index contributed by atoms with van der Waals surface area (Å²) in [6.07, 6.45) is 1.50. The van der Waals surface area contributed by atoms with E-state index in [0.717, 1.165) is 10.8 Å². The second kappa shape index (κ2) is 5.14. The molecule has 2 heterocycles. The number of aryl methyl sites for hydroxylation is 2. The molecule has 18 heavy (non-hydrogen) atoms. The molecule has 2 aromatic heterocycles. The van der Waals surface area contributed by atoms with Crippen molar-refractivity contribution in [3.05, 3.63) is 40.2 Å². The third kappa shape index (κ3) is 2.84. The minimum Gasteiger partial charge on any atom is -0.478 e. The summed E-state index contributed by atoms with van der Waals surface area (Å²) in [5.41, 5.74) is 1.93. The number of pyridine rings is 1. The number of thiazole rings is 1. The van der Waals surface area contributed by atoms with Gasteiger partial charge in [0.2, 0.25) is 0 Å². The summed E-state index contributed by atoms with van der Waals surface area (Å²) in [4.78, 5) is 20.5. The smallest absolute Gasteiger partial charge is 0.335 e. The van der Waals surface area contributed by atoms with Gasteiger partial charge in [-0.1, -0.05) is 0 Å². The molecule has 0 aromatic carbocycles. The van der Waals surface area contributed by atoms with Crippen molar-refractivity contribution in [2.24, 2.45) is 0 Å². The van der Waals surface area contributed by atoms with E-state index >= 15 is 0 Å². The first-order chi connectivity index (χ1) is 8.56. The van der Waals surface area contributed by atoms with Crippen LogP contribution in [0.2, 0.25) is 0 Å². The van der Waals surface area contributed by atoms with Crippen molar-refractivity contribution in [2.75, 3.05) is 5.32 Å². The predicted octanol–water partition coefficient (Wildman–Crippen LogP) is 2.47. The lowest BCUT2D eigenvalue weighted by Gasteiger charge is -2.02. The van der Waals surface area contributed by atoms with E-state index in [-0.39, 0.29) is 5.56 Å². The second-order valence-electron chi connectivity index (χ2n) is 3.86. The molecular formula is C12H13N3O2S. The average molecular weight is 263 g/mol. The molecule has 0 saturated carbocycles. The van der Waals surface area contributed by atoms with Crippen LogP contribution in [0.4, 0.5) is 5.13 Å². The Labute approximate surface area is 109 Å². The number of rotatable bonds is 4. The van der Waals surface area contributed by atoms with Gasteiger partial charge in [0.25, 0.3) is 0 Å². The van der Waals surface area contributed by atoms with Crippen LogP contribution in [0.15, 0.2) is 18.3 Å². The van der Waals surface area contributed by atoms with Gasteiger partial charge in [-0.25, -0.2) is 9.78 Å². The average Bonchev–Trinajstić information content (AvgIpc) is 2.67. The van der Waals surface area contributed by atoms with Crippen molar-refractivity contribution in [2.45, 2.75) is 20.4 Å². The minimum absolute atomic E-state index is 0.244. The predicted molar refractivity (Wildman–Crippen MR) is 70.1 cm³/mol. The van der Waals surface area contributed by atoms with Gasteiger partial charge >= 0.3 is 5.97 Å². The van der Waals surface area contributed by atoms with Gasteiger partial charge in [-0.05, 0) is 26.0 Å². The Morgan fingerprint density at radius 1 is 1.50 bits per heavy atom. The summed E-state index contributed by atoms with van der Waals surface area (Å²) < 4.78 is 0. The van der Waals surface area contributed by atoms with E-state index in [2.05, 4.69) is 15.3 Å². The van der Waals surface area contributed by atoms with Crippen LogP contribution in [-0.4, -0.2) is 21.0 Å². The summed E-state index contributed by atoms with van der Waals surface area (Å²) in [5, 5.41) is 12.8. The van der Waals surface area contributed by atoms with Gasteiger partial charge in [-0.15, -0.1) is 11.3 Å². The van der Waals surface area contributed by atoms with E-state index in [1.165, 1.54) is 17.1 Å². The number of aromatic carboxylic acids is 1. The topological polar surface area (TPSA) is 75.1 Å². The standard InChI is InChI=1S/C12H13N3O2S/c1-7-8(2)18-12(15-7)14-6-10-5-9(11(16)17)3-4-13-10/h3-5H,6H2,1-2H3,(H,14,15)(H,16,17). The van der Waals surface area contributed by atoms with Crippen LogP contribution in [0, 0.1) is 13.8 Å². The van der Waals surface area contributed by atoms with Gasteiger partial charge in [0.15, 0.2) is 5.13 Å². The van der Waals surface area contributed by atoms with Crippen molar-refractivity contribution >= 4 is 22.4 Å². The molecule has 0 atom stereocenters. The molecule has 0 saturated heterocycles. The van der Waals surface area contributed by atoms with Crippen LogP contribution in [0.25, 0.3) is 0 Å². The molecule has 2 N–H and O–H groups in total. The molecule has 6 heteroatoms. The number of nitrogens with zero attached hydrogens (tertiary/aromatic N) is 2. The maximum atomic E-state index is 10.8. The number of carboxylic acid groups (broad SMARTS) is 1. The van der Waals surface area contributed by atoms with Gasteiger partial charge in [0, 0.05) is 11.1 Å². The van der Waals surface area contributed by atoms with Gasteiger partial charge in [-0.3, -0.25) is 4.98 Å². The summed E-state index contributed by atoms with van der Waals surface area (Å²) >= 11 is 1.58. The highest BCUT2D eigenvalue weighted by Crippen LogP contribution is 2.21. The molecule has 0 spiro atoms. The minimum atomic E-state index is -0.945. The Morgan fingerprint density at radius 2 is 2.28 bits per heavy atom. The van der Waals surface area contributed by atoms with E-state index in [1.807, 2.05) is 13.8 Å². The normalized spacial score (nSPS) is 10.3. The van der Waals surface area contributed by atoms with E-state index in [9.17, 15) is 4.79 Å². The van der Waals surface area contributed by atoms with Crippen molar-refractivity contribution < 1.29 is 9.90 Å². The Morgan fingerprint density at radius 3 is 2.89 bits per heavy atom. The molecule has 0 amide bonds. The van der Waals surface area contributed by atoms with Crippen LogP contribution in [0.3, 0.4) is 0 Å². The van der Waals surface area contributed by atoms with Gasteiger partial charge in [-0.2, -0.15) is 0 Å². The van der Waals surface area contributed by atoms with E-state index in [4.69, 9.17) is 5.11 Å². The monoisotopic (exact) mass is 263 g/mol. The van der Waals surface area contributed by atoms with Gasteiger partial charge in [0.05, 0.1) is 23.5 Å². The van der Waals surface area contributed by atoms with Crippen molar-refractivity contribution in [1.29, 1.82) is 0 Å². The van der Waals surface area contributed by atoms with Gasteiger partial charge < -0.3 is 10.4 Å². The fraction of sp³-hybridized carbons (Fsp3) is 0.250. The molecule has 0 unspecified atom stereocenters. The number of hydrogen-bond acceptors (Lipinski definition) is 5. The van der Waals surface area contributed by atoms with Crippen LogP contribution in [-0.2, 0) is 6.54 Å². The highest BCUT2D eigenvalue weighted by molar-refractivity contribution is 7.15. The number of hydrogen-bond donors (Lipinski definition) is 2. The Bertz CT molecular complexity index is 561. The molecule has 94 valence electrons. The Balaban J connectivity index is 2.06. The van der Waals surface area contributed by atoms with E-state index < -0.39 is 5.97 Å².